The smallest absolute Gasteiger partial charge is 0.0892 e. The predicted molar refractivity (Wildman–Crippen MR) is 95.0 cm³/mol. The van der Waals surface area contributed by atoms with Gasteiger partial charge in [0.1, 0.15) is 0 Å². The Morgan fingerprint density at radius 1 is 0.909 bits per heavy atom. The third-order valence-corrected chi connectivity index (χ3v) is 4.47. The van der Waals surface area contributed by atoms with E-state index < -0.39 is 0 Å². The fraction of sp³-hybridized carbons (Fsp3) is 0.700. The molecule has 1 aliphatic rings. The number of epoxide rings is 1. The van der Waals surface area contributed by atoms with Crippen molar-refractivity contribution >= 4 is 0 Å². The summed E-state index contributed by atoms with van der Waals surface area (Å²) in [5, 5.41) is 8.82. The first-order valence-corrected chi connectivity index (χ1v) is 8.60. The lowest BCUT2D eigenvalue weighted by atomic mass is 10.0. The van der Waals surface area contributed by atoms with Gasteiger partial charge in [-0.15, -0.1) is 0 Å². The molecule has 1 rings (SSSR count). The number of aliphatic hydroxyl groups excluding tert-OH is 1. The molecule has 126 valence electrons. The van der Waals surface area contributed by atoms with Crippen LogP contribution in [0.3, 0.4) is 0 Å². The fourth-order valence-electron chi connectivity index (χ4n) is 2.65. The average Bonchev–Trinajstić information content (AvgIpc) is 3.04. The summed E-state index contributed by atoms with van der Waals surface area (Å²) in [7, 11) is 0. The SMILES string of the molecule is C/C(=C/CO)CC/C=C(\C)CC/C=C(\C)CCC1OC1(C)C. The van der Waals surface area contributed by atoms with Crippen LogP contribution in [0.4, 0.5) is 0 Å². The lowest BCUT2D eigenvalue weighted by molar-refractivity contribution is 0.320. The highest BCUT2D eigenvalue weighted by molar-refractivity contribution is 5.07. The Hall–Kier alpha value is -0.860. The minimum absolute atomic E-state index is 0.127. The van der Waals surface area contributed by atoms with Crippen LogP contribution in [0.1, 0.15) is 73.1 Å². The van der Waals surface area contributed by atoms with E-state index in [0.29, 0.717) is 6.10 Å². The van der Waals surface area contributed by atoms with E-state index in [-0.39, 0.29) is 12.2 Å². The molecule has 2 heteroatoms. The molecule has 0 amide bonds. The van der Waals surface area contributed by atoms with Crippen LogP contribution in [-0.4, -0.2) is 23.4 Å². The number of allylic oxidation sites excluding steroid dienone is 5. The summed E-state index contributed by atoms with van der Waals surface area (Å²) in [5.74, 6) is 0. The zero-order valence-electron chi connectivity index (χ0n) is 15.1. The van der Waals surface area contributed by atoms with Gasteiger partial charge in [0.05, 0.1) is 18.3 Å². The van der Waals surface area contributed by atoms with Crippen LogP contribution in [-0.2, 0) is 4.74 Å². The van der Waals surface area contributed by atoms with Gasteiger partial charge in [-0.2, -0.15) is 0 Å². The number of ether oxygens (including phenoxy) is 1. The molecule has 1 N–H and O–H groups in total. The molecule has 0 aliphatic carbocycles. The summed E-state index contributed by atoms with van der Waals surface area (Å²) in [5.41, 5.74) is 4.35. The predicted octanol–water partition coefficient (Wildman–Crippen LogP) is 5.34. The van der Waals surface area contributed by atoms with Gasteiger partial charge in [-0.05, 0) is 73.1 Å². The highest BCUT2D eigenvalue weighted by Crippen LogP contribution is 2.38. The summed E-state index contributed by atoms with van der Waals surface area (Å²) in [4.78, 5) is 0. The molecule has 0 bridgehead atoms. The van der Waals surface area contributed by atoms with Crippen LogP contribution in [0.25, 0.3) is 0 Å². The van der Waals surface area contributed by atoms with Crippen molar-refractivity contribution in [1.29, 1.82) is 0 Å². The van der Waals surface area contributed by atoms with Crippen LogP contribution in [0.2, 0.25) is 0 Å². The van der Waals surface area contributed by atoms with Gasteiger partial charge in [-0.1, -0.05) is 34.9 Å². The van der Waals surface area contributed by atoms with Gasteiger partial charge in [0, 0.05) is 0 Å². The average molecular weight is 306 g/mol. The lowest BCUT2D eigenvalue weighted by Crippen LogP contribution is -2.02. The zero-order valence-corrected chi connectivity index (χ0v) is 15.1. The van der Waals surface area contributed by atoms with Gasteiger partial charge < -0.3 is 9.84 Å². The monoisotopic (exact) mass is 306 g/mol. The third kappa shape index (κ3) is 7.95. The van der Waals surface area contributed by atoms with Crippen LogP contribution in [0, 0.1) is 0 Å². The molecule has 0 radical (unpaired) electrons. The van der Waals surface area contributed by atoms with Crippen LogP contribution in [0.15, 0.2) is 34.9 Å². The molecule has 0 aromatic heterocycles. The van der Waals surface area contributed by atoms with Crippen molar-refractivity contribution in [3.05, 3.63) is 34.9 Å². The van der Waals surface area contributed by atoms with E-state index in [0.717, 1.165) is 38.5 Å². The number of hydrogen-bond donors (Lipinski definition) is 1. The standard InChI is InChI=1S/C20H34O2/c1-16(9-7-11-18(3)14-15-21)8-6-10-17(2)12-13-19-20(4,5)22-19/h9-10,14,19,21H,6-8,11-13,15H2,1-5H3/b16-9+,17-10+,18-14-. The Morgan fingerprint density at radius 3 is 1.82 bits per heavy atom. The topological polar surface area (TPSA) is 32.8 Å². The second kappa shape index (κ2) is 9.32. The maximum Gasteiger partial charge on any atom is 0.0892 e. The number of aliphatic hydroxyl groups is 1. The molecule has 1 unspecified atom stereocenters. The van der Waals surface area contributed by atoms with Gasteiger partial charge in [0.25, 0.3) is 0 Å². The van der Waals surface area contributed by atoms with E-state index >= 15 is 0 Å². The summed E-state index contributed by atoms with van der Waals surface area (Å²) < 4.78 is 5.62. The Morgan fingerprint density at radius 2 is 1.36 bits per heavy atom. The molecule has 1 fully saturated rings. The first-order valence-electron chi connectivity index (χ1n) is 8.60. The molecule has 0 spiro atoms. The highest BCUT2D eigenvalue weighted by atomic mass is 16.6. The maximum absolute atomic E-state index is 8.82. The lowest BCUT2D eigenvalue weighted by Gasteiger charge is -2.03. The quantitative estimate of drug-likeness (QED) is 0.437. The molecule has 1 saturated heterocycles. The molecular formula is C20H34O2. The molecular weight excluding hydrogens is 272 g/mol. The minimum atomic E-state index is 0.127. The number of hydrogen-bond acceptors (Lipinski definition) is 2. The zero-order chi connectivity index (χ0) is 16.6. The molecule has 2 nitrogen and oxygen atoms in total. The summed E-state index contributed by atoms with van der Waals surface area (Å²) in [6.07, 6.45) is 13.8. The van der Waals surface area contributed by atoms with Gasteiger partial charge in [-0.25, -0.2) is 0 Å². The molecule has 1 atom stereocenters. The second-order valence-electron chi connectivity index (χ2n) is 7.16. The normalized spacial score (nSPS) is 22.1. The summed E-state index contributed by atoms with van der Waals surface area (Å²) in [6.45, 7) is 11.0. The van der Waals surface area contributed by atoms with Crippen LogP contribution >= 0.6 is 0 Å². The Balaban J connectivity index is 2.16. The molecule has 22 heavy (non-hydrogen) atoms. The van der Waals surface area contributed by atoms with Gasteiger partial charge in [0.15, 0.2) is 0 Å². The minimum Gasteiger partial charge on any atom is -0.392 e. The first kappa shape index (κ1) is 19.2. The second-order valence-corrected chi connectivity index (χ2v) is 7.16. The summed E-state index contributed by atoms with van der Waals surface area (Å²) in [6, 6.07) is 0. The van der Waals surface area contributed by atoms with Crippen molar-refractivity contribution in [3.8, 4) is 0 Å². The largest absolute Gasteiger partial charge is 0.392 e. The maximum atomic E-state index is 8.82. The molecule has 0 aromatic rings. The Bertz CT molecular complexity index is 427. The Labute approximate surface area is 137 Å². The number of rotatable bonds is 10. The Kier molecular flexibility index (Phi) is 8.13. The third-order valence-electron chi connectivity index (χ3n) is 4.47. The summed E-state index contributed by atoms with van der Waals surface area (Å²) >= 11 is 0. The molecule has 0 aromatic carbocycles. The van der Waals surface area contributed by atoms with Crippen molar-refractivity contribution in [3.63, 3.8) is 0 Å². The van der Waals surface area contributed by atoms with E-state index in [1.165, 1.54) is 16.7 Å². The van der Waals surface area contributed by atoms with E-state index in [2.05, 4.69) is 46.8 Å². The van der Waals surface area contributed by atoms with Crippen LogP contribution < -0.4 is 0 Å². The van der Waals surface area contributed by atoms with Crippen molar-refractivity contribution in [2.24, 2.45) is 0 Å². The van der Waals surface area contributed by atoms with E-state index in [1.54, 1.807) is 0 Å². The molecule has 1 aliphatic heterocycles. The highest BCUT2D eigenvalue weighted by Gasteiger charge is 2.46. The van der Waals surface area contributed by atoms with Gasteiger partial charge >= 0.3 is 0 Å². The van der Waals surface area contributed by atoms with E-state index in [4.69, 9.17) is 9.84 Å². The van der Waals surface area contributed by atoms with Crippen molar-refractivity contribution < 1.29 is 9.84 Å². The van der Waals surface area contributed by atoms with E-state index in [1.807, 2.05) is 6.08 Å². The van der Waals surface area contributed by atoms with Crippen molar-refractivity contribution in [1.82, 2.24) is 0 Å². The van der Waals surface area contributed by atoms with Gasteiger partial charge in [-0.3, -0.25) is 0 Å². The van der Waals surface area contributed by atoms with Crippen molar-refractivity contribution in [2.45, 2.75) is 84.8 Å². The fourth-order valence-corrected chi connectivity index (χ4v) is 2.65. The van der Waals surface area contributed by atoms with Crippen molar-refractivity contribution in [2.75, 3.05) is 6.61 Å². The van der Waals surface area contributed by atoms with E-state index in [9.17, 15) is 0 Å². The molecule has 1 heterocycles. The first-order chi connectivity index (χ1) is 10.3. The van der Waals surface area contributed by atoms with Gasteiger partial charge in [0.2, 0.25) is 0 Å². The van der Waals surface area contributed by atoms with Crippen LogP contribution in [0.5, 0.6) is 0 Å². The molecule has 0 saturated carbocycles.